The molecule has 5 heterocycles. The molecule has 2 aliphatic heterocycles. The van der Waals surface area contributed by atoms with E-state index in [0.717, 1.165) is 38.8 Å². The molecular formula is C66H58I3N11O6Zn+2. The van der Waals surface area contributed by atoms with Gasteiger partial charge in [0.05, 0.1) is 69.0 Å². The number of ether oxygens (including phenoxy) is 4. The number of carboxylic acids is 1. The molecule has 0 atom stereocenters. The Balaban J connectivity index is 0.00000226. The fourth-order valence-electron chi connectivity index (χ4n) is 10.1. The van der Waals surface area contributed by atoms with Crippen LogP contribution in [0.1, 0.15) is 10.4 Å². The van der Waals surface area contributed by atoms with Crippen molar-refractivity contribution in [3.63, 3.8) is 0 Å². The average molecular weight is 1550 g/mol. The molecule has 0 saturated heterocycles. The number of nitrogens with one attached hydrogen (secondary N) is 2. The van der Waals surface area contributed by atoms with Crippen molar-refractivity contribution in [2.75, 3.05) is 63.4 Å². The minimum Gasteiger partial charge on any atom is -1.00 e. The molecule has 0 aliphatic carbocycles. The standard InChI is InChI=1S/C66H56N11O6.3HI.Zn/c1-75(2,3)39-13-10-16-43(31-39)81-47-24-28-51-55(35-47)62-68-58(51)67-59-50-27-23-46(80-42-21-19-38(20-22-42)66(78)79)34-54(50)64(69-59)74-65-57-37-49(83-45-18-12-15-41(33-45)77(7,8)9)26-30-53(57)61(73-65)72-63-56-36-48(25-29-52(56)60(70-62)71-63)82-44-17-11-14-40(32-44)76(4,5)6;;;;/h10-37H,1-9H3,(H-2,67,68,69,70,71,72,73,74,78,79);3*1H;/q+1;;;;+2/p-1. The number of carbonyl (C=O) groups is 1. The van der Waals surface area contributed by atoms with Crippen molar-refractivity contribution in [1.82, 2.24) is 53.3 Å². The van der Waals surface area contributed by atoms with Crippen LogP contribution in [0.25, 0.3) is 89.7 Å². The largest absolute Gasteiger partial charge is 2.00 e. The van der Waals surface area contributed by atoms with Crippen molar-refractivity contribution >= 4 is 67.2 Å². The van der Waals surface area contributed by atoms with Gasteiger partial charge in [-0.3, -0.25) is 13.4 Å². The van der Waals surface area contributed by atoms with Crippen LogP contribution < -0.4 is 104 Å². The van der Waals surface area contributed by atoms with Crippen LogP contribution in [-0.2, 0) is 19.5 Å². The third-order valence-corrected chi connectivity index (χ3v) is 14.5. The minimum atomic E-state index is -1.03. The second-order valence-electron chi connectivity index (χ2n) is 23.2. The van der Waals surface area contributed by atoms with Crippen LogP contribution in [0.3, 0.4) is 0 Å². The van der Waals surface area contributed by atoms with E-state index in [4.69, 9.17) is 48.9 Å². The van der Waals surface area contributed by atoms with Crippen molar-refractivity contribution in [2.24, 2.45) is 0 Å². The molecule has 0 radical (unpaired) electrons. The number of hydrogen-bond acceptors (Lipinski definition) is 11. The van der Waals surface area contributed by atoms with E-state index in [-0.39, 0.29) is 97.0 Å². The Morgan fingerprint density at radius 1 is 0.345 bits per heavy atom. The summed E-state index contributed by atoms with van der Waals surface area (Å²) in [6, 6.07) is 53.5. The zero-order valence-corrected chi connectivity index (χ0v) is 58.5. The Morgan fingerprint density at radius 3 is 1.00 bits per heavy atom. The van der Waals surface area contributed by atoms with Crippen molar-refractivity contribution in [3.8, 4) is 91.5 Å². The Morgan fingerprint density at radius 2 is 0.644 bits per heavy atom. The van der Waals surface area contributed by atoms with Gasteiger partial charge in [0, 0.05) is 62.0 Å². The van der Waals surface area contributed by atoms with Crippen LogP contribution in [0.2, 0.25) is 0 Å². The van der Waals surface area contributed by atoms with Gasteiger partial charge in [-0.1, -0.05) is 18.2 Å². The van der Waals surface area contributed by atoms with E-state index in [9.17, 15) is 9.90 Å². The summed E-state index contributed by atoms with van der Waals surface area (Å²) in [6.07, 6.45) is 0. The summed E-state index contributed by atoms with van der Waals surface area (Å²) in [7, 11) is 19.0. The smallest absolute Gasteiger partial charge is 1.00 e. The number of nitrogens with zero attached hydrogens (tertiary/aromatic N) is 9. The third kappa shape index (κ3) is 13.2. The summed E-state index contributed by atoms with van der Waals surface area (Å²) in [6.45, 7) is 0. The zero-order valence-electron chi connectivity index (χ0n) is 49.0. The van der Waals surface area contributed by atoms with E-state index < -0.39 is 5.97 Å². The van der Waals surface area contributed by atoms with E-state index >= 15 is 0 Å². The number of aromatic amines is 2. The predicted octanol–water partition coefficient (Wildman–Crippen LogP) is 5.34. The van der Waals surface area contributed by atoms with Gasteiger partial charge in [0.2, 0.25) is 0 Å². The molecule has 87 heavy (non-hydrogen) atoms. The third-order valence-electron chi connectivity index (χ3n) is 14.5. The van der Waals surface area contributed by atoms with Crippen LogP contribution in [0.5, 0.6) is 46.0 Å². The Bertz CT molecular complexity index is 4660. The molecule has 8 aromatic carbocycles. The Kier molecular flexibility index (Phi) is 18.3. The molecule has 2 aliphatic rings. The number of halogens is 3. The zero-order chi connectivity index (χ0) is 57.5. The number of rotatable bonds is 12. The van der Waals surface area contributed by atoms with Crippen molar-refractivity contribution < 1.29 is 120 Å². The first-order chi connectivity index (χ1) is 39.7. The first-order valence-electron chi connectivity index (χ1n) is 26.9. The summed E-state index contributed by atoms with van der Waals surface area (Å²) in [5.41, 5.74) is 8.10. The van der Waals surface area contributed by atoms with E-state index in [1.165, 1.54) is 12.1 Å². The number of H-pyrrole nitrogens is 2. The van der Waals surface area contributed by atoms with E-state index in [1.54, 1.807) is 12.1 Å². The maximum absolute atomic E-state index is 11.7. The number of fused-ring (bicyclic) bond motifs is 20. The Labute approximate surface area is 566 Å². The van der Waals surface area contributed by atoms with Gasteiger partial charge >= 0.3 is 25.4 Å². The van der Waals surface area contributed by atoms with Crippen LogP contribution >= 0.6 is 0 Å². The van der Waals surface area contributed by atoms with Crippen LogP contribution in [0, 0.1) is 0 Å². The predicted molar refractivity (Wildman–Crippen MR) is 328 cm³/mol. The molecule has 0 amide bonds. The molecule has 3 aromatic heterocycles. The molecule has 0 fully saturated rings. The fraction of sp³-hybridized carbons (Fsp3) is 0.136. The van der Waals surface area contributed by atoms with Gasteiger partial charge in [0.15, 0.2) is 23.3 Å². The van der Waals surface area contributed by atoms with Gasteiger partial charge in [-0.25, -0.2) is 34.7 Å². The summed E-state index contributed by atoms with van der Waals surface area (Å²) >= 11 is 0. The van der Waals surface area contributed by atoms with Crippen LogP contribution in [0.15, 0.2) is 170 Å². The van der Waals surface area contributed by atoms with Crippen molar-refractivity contribution in [2.45, 2.75) is 0 Å². The van der Waals surface area contributed by atoms with Crippen LogP contribution in [-0.4, -0.2) is 114 Å². The van der Waals surface area contributed by atoms with Crippen LogP contribution in [0.4, 0.5) is 17.1 Å². The molecule has 0 spiro atoms. The minimum absolute atomic E-state index is 0. The molecule has 17 nitrogen and oxygen atoms in total. The van der Waals surface area contributed by atoms with Gasteiger partial charge in [-0.2, -0.15) is 0 Å². The van der Waals surface area contributed by atoms with Gasteiger partial charge in [0.1, 0.15) is 85.6 Å². The average Bonchev–Trinajstić information content (AvgIpc) is 2.94. The summed E-state index contributed by atoms with van der Waals surface area (Å²) in [4.78, 5) is 50.5. The number of quaternary nitrogens is 3. The molecule has 13 rings (SSSR count). The second kappa shape index (κ2) is 24.9. The fourth-order valence-corrected chi connectivity index (χ4v) is 10.1. The number of aromatic carboxylic acids is 1. The molecule has 11 aromatic rings. The Hall–Kier alpha value is -7.52. The molecule has 0 unspecified atom stereocenters. The van der Waals surface area contributed by atoms with Crippen molar-refractivity contribution in [3.05, 3.63) is 175 Å². The molecular weight excluding hydrogens is 1490 g/mol. The molecule has 434 valence electrons. The number of benzene rings is 8. The number of hydrogen-bond donors (Lipinski definition) is 3. The van der Waals surface area contributed by atoms with E-state index in [2.05, 4.69) is 91.6 Å². The maximum atomic E-state index is 11.7. The van der Waals surface area contributed by atoms with Gasteiger partial charge < -0.3 is 106 Å². The quantitative estimate of drug-likeness (QED) is 0.0814. The topological polar surface area (TPSA) is 183 Å². The first kappa shape index (κ1) is 64.0. The van der Waals surface area contributed by atoms with Gasteiger partial charge in [-0.05, 0) is 133 Å². The number of carboxylic acid groups (broad SMARTS) is 1. The van der Waals surface area contributed by atoms with E-state index in [1.807, 2.05) is 127 Å². The maximum Gasteiger partial charge on any atom is 2.00 e. The summed E-state index contributed by atoms with van der Waals surface area (Å²) < 4.78 is 28.0. The summed E-state index contributed by atoms with van der Waals surface area (Å²) in [5, 5.41) is 12.5. The first-order valence-corrected chi connectivity index (χ1v) is 26.9. The van der Waals surface area contributed by atoms with Crippen molar-refractivity contribution in [1.29, 1.82) is 0 Å². The monoisotopic (exact) mass is 1550 g/mol. The molecule has 3 N–H and O–H groups in total. The second-order valence-corrected chi connectivity index (χ2v) is 23.2. The molecule has 0 saturated carbocycles. The molecule has 21 heteroatoms. The summed E-state index contributed by atoms with van der Waals surface area (Å²) in [5.74, 6) is 5.28. The van der Waals surface area contributed by atoms with E-state index in [0.29, 0.717) is 127 Å². The SMILES string of the molecule is C[N+](C)(C)c1cccc(Oc2ccc3c(c2)-c2nc-3nc3[nH]c(nc4nc(nc5[nH]c(n2)c2ccc(Oc6cccc([N+](C)(C)C)c6)cc52)-c2ccc(Oc5cccc([N+](C)(C)C)c5)cc2-4)c2cc(Oc4ccc(C(=O)O)cc4)ccc32)c1.[I-].[I-].[I-].[Zn+2]. The van der Waals surface area contributed by atoms with Gasteiger partial charge in [-0.15, -0.1) is 0 Å². The molecule has 8 bridgehead atoms. The number of aromatic nitrogens is 8. The van der Waals surface area contributed by atoms with Gasteiger partial charge in [0.25, 0.3) is 0 Å². The normalized spacial score (nSPS) is 11.7.